The second kappa shape index (κ2) is 10.7. The Morgan fingerprint density at radius 1 is 1.11 bits per heavy atom. The predicted molar refractivity (Wildman–Crippen MR) is 137 cm³/mol. The minimum absolute atomic E-state index is 0.00523. The van der Waals surface area contributed by atoms with Gasteiger partial charge in [-0.05, 0) is 36.7 Å². The maximum Gasteiger partial charge on any atom is 0.374 e. The molecule has 1 aromatic carbocycles. The van der Waals surface area contributed by atoms with Crippen molar-refractivity contribution in [3.8, 4) is 5.88 Å². The minimum atomic E-state index is -2.64. The second-order valence-electron chi connectivity index (χ2n) is 9.03. The van der Waals surface area contributed by atoms with Crippen LogP contribution < -0.4 is 4.74 Å². The van der Waals surface area contributed by atoms with E-state index in [2.05, 4.69) is 9.46 Å². The highest BCUT2D eigenvalue weighted by Crippen LogP contribution is 2.37. The van der Waals surface area contributed by atoms with Gasteiger partial charge in [0.05, 0.1) is 33.6 Å². The second-order valence-corrected chi connectivity index (χ2v) is 13.7. The fourth-order valence-electron chi connectivity index (χ4n) is 3.49. The lowest BCUT2D eigenvalue weighted by atomic mass is 10.0. The first-order valence-electron chi connectivity index (χ1n) is 11.0. The molecule has 0 unspecified atom stereocenters. The molecular formula is C23H28ClN3O6S2. The number of halogens is 1. The zero-order valence-electron chi connectivity index (χ0n) is 20.3. The number of hydrogen-bond donors (Lipinski definition) is 0. The van der Waals surface area contributed by atoms with Gasteiger partial charge in [0.2, 0.25) is 11.7 Å². The number of rotatable bonds is 5. The van der Waals surface area contributed by atoms with Crippen molar-refractivity contribution in [2.75, 3.05) is 18.6 Å². The highest BCUT2D eigenvalue weighted by molar-refractivity contribution is 8.14. The first kappa shape index (κ1) is 27.2. The van der Waals surface area contributed by atoms with Crippen LogP contribution in [0, 0.1) is 0 Å². The lowest BCUT2D eigenvalue weighted by Gasteiger charge is -2.17. The molecule has 9 nitrogen and oxygen atoms in total. The Bertz CT molecular complexity index is 1280. The molecule has 1 saturated heterocycles. The van der Waals surface area contributed by atoms with Crippen molar-refractivity contribution in [3.63, 3.8) is 0 Å². The summed E-state index contributed by atoms with van der Waals surface area (Å²) in [4.78, 5) is 38.2. The van der Waals surface area contributed by atoms with Gasteiger partial charge in [-0.2, -0.15) is 9.46 Å². The normalized spacial score (nSPS) is 15.4. The summed E-state index contributed by atoms with van der Waals surface area (Å²) >= 11 is 7.58. The van der Waals surface area contributed by atoms with Crippen LogP contribution in [0.4, 0.5) is 10.5 Å². The molecule has 0 N–H and O–H groups in total. The van der Waals surface area contributed by atoms with Gasteiger partial charge in [-0.25, -0.2) is 18.5 Å². The van der Waals surface area contributed by atoms with Crippen LogP contribution in [0.5, 0.6) is 5.88 Å². The van der Waals surface area contributed by atoms with E-state index in [1.807, 2.05) is 20.8 Å². The summed E-state index contributed by atoms with van der Waals surface area (Å²) in [5, 5.41) is 3.33. The molecule has 12 heteroatoms. The lowest BCUT2D eigenvalue weighted by Crippen LogP contribution is -2.17. The van der Waals surface area contributed by atoms with Gasteiger partial charge in [-0.1, -0.05) is 38.8 Å². The Balaban J connectivity index is 2.08. The van der Waals surface area contributed by atoms with Crippen LogP contribution in [0.3, 0.4) is 0 Å². The standard InChI is InChI=1S/C23H28ClN3O6S2/c1-23(2,3)34-22(30)33-20-16(13-25-27(20)4)19(28)14-9-10-15(21(29)32-5)18(17(14)24)26-35(31)11-7-6-8-12-35/h9-10,13H,6-8,11-12H2,1-5H3. The molecule has 1 aliphatic heterocycles. The van der Waals surface area contributed by atoms with Gasteiger partial charge in [0.15, 0.2) is 0 Å². The number of nitrogens with zero attached hydrogens (tertiary/aromatic N) is 3. The van der Waals surface area contributed by atoms with Crippen LogP contribution in [0.15, 0.2) is 22.7 Å². The first-order valence-corrected chi connectivity index (χ1v) is 14.0. The Hall–Kier alpha value is -2.37. The number of benzene rings is 1. The summed E-state index contributed by atoms with van der Waals surface area (Å²) in [5.41, 5.74) is -0.00900. The molecule has 0 aliphatic carbocycles. The molecule has 0 spiro atoms. The Kier molecular flexibility index (Phi) is 8.33. The molecule has 0 amide bonds. The van der Waals surface area contributed by atoms with Gasteiger partial charge in [-0.15, -0.1) is 0 Å². The van der Waals surface area contributed by atoms with Crippen molar-refractivity contribution in [1.29, 1.82) is 0 Å². The van der Waals surface area contributed by atoms with Gasteiger partial charge in [0.1, 0.15) is 11.3 Å². The third-order valence-electron chi connectivity index (χ3n) is 5.15. The average Bonchev–Trinajstić information content (AvgIpc) is 3.13. The highest BCUT2D eigenvalue weighted by atomic mass is 35.5. The fraction of sp³-hybridized carbons (Fsp3) is 0.478. The van der Waals surface area contributed by atoms with Crippen molar-refractivity contribution >= 4 is 55.8 Å². The maximum atomic E-state index is 13.5. The SMILES string of the molecule is COC(=O)c1ccc(C(=O)c2cnn(C)c2OC(=O)SC(C)(C)C)c(Cl)c1N=S1(=O)CCCCC1. The summed E-state index contributed by atoms with van der Waals surface area (Å²) in [6, 6.07) is 2.74. The van der Waals surface area contributed by atoms with Crippen LogP contribution in [-0.4, -0.2) is 54.4 Å². The molecule has 1 aliphatic rings. The van der Waals surface area contributed by atoms with Gasteiger partial charge >= 0.3 is 11.3 Å². The molecule has 0 saturated carbocycles. The summed E-state index contributed by atoms with van der Waals surface area (Å²) < 4.78 is 28.9. The van der Waals surface area contributed by atoms with Gasteiger partial charge in [0, 0.05) is 28.9 Å². The van der Waals surface area contributed by atoms with Crippen molar-refractivity contribution in [1.82, 2.24) is 9.78 Å². The van der Waals surface area contributed by atoms with Crippen molar-refractivity contribution in [2.24, 2.45) is 11.4 Å². The molecule has 0 radical (unpaired) electrons. The van der Waals surface area contributed by atoms with E-state index < -0.39 is 26.8 Å². The number of methoxy groups -OCH3 is 1. The number of thioether (sulfide) groups is 1. The quantitative estimate of drug-likeness (QED) is 0.364. The molecule has 2 aromatic rings. The molecule has 3 rings (SSSR count). The smallest absolute Gasteiger partial charge is 0.374 e. The van der Waals surface area contributed by atoms with Crippen LogP contribution in [-0.2, 0) is 21.5 Å². The van der Waals surface area contributed by atoms with E-state index in [4.69, 9.17) is 21.1 Å². The van der Waals surface area contributed by atoms with Crippen LogP contribution in [0.1, 0.15) is 66.3 Å². The Labute approximate surface area is 214 Å². The van der Waals surface area contributed by atoms with Crippen LogP contribution >= 0.6 is 23.4 Å². The lowest BCUT2D eigenvalue weighted by molar-refractivity contribution is 0.0601. The van der Waals surface area contributed by atoms with Crippen molar-refractivity contribution in [2.45, 2.75) is 44.8 Å². The molecule has 35 heavy (non-hydrogen) atoms. The minimum Gasteiger partial charge on any atom is -0.465 e. The molecule has 2 heterocycles. The number of carbonyl (C=O) groups is 3. The topological polar surface area (TPSA) is 117 Å². The number of esters is 1. The van der Waals surface area contributed by atoms with Gasteiger partial charge in [0.25, 0.3) is 0 Å². The van der Waals surface area contributed by atoms with E-state index in [0.717, 1.165) is 31.0 Å². The van der Waals surface area contributed by atoms with Crippen molar-refractivity contribution in [3.05, 3.63) is 40.0 Å². The molecule has 0 atom stereocenters. The first-order chi connectivity index (χ1) is 16.3. The summed E-state index contributed by atoms with van der Waals surface area (Å²) in [5.74, 6) is -0.565. The van der Waals surface area contributed by atoms with E-state index in [-0.39, 0.29) is 38.0 Å². The predicted octanol–water partition coefficient (Wildman–Crippen LogP) is 5.41. The van der Waals surface area contributed by atoms with E-state index in [1.165, 1.54) is 37.2 Å². The van der Waals surface area contributed by atoms with Crippen LogP contribution in [0.25, 0.3) is 0 Å². The van der Waals surface area contributed by atoms with Crippen LogP contribution in [0.2, 0.25) is 5.02 Å². The average molecular weight is 542 g/mol. The Morgan fingerprint density at radius 3 is 2.34 bits per heavy atom. The zero-order chi connectivity index (χ0) is 26.0. The number of ketones is 1. The van der Waals surface area contributed by atoms with Gasteiger partial charge < -0.3 is 9.47 Å². The monoisotopic (exact) mass is 541 g/mol. The highest BCUT2D eigenvalue weighted by Gasteiger charge is 2.28. The maximum absolute atomic E-state index is 13.5. The number of aromatic nitrogens is 2. The molecule has 190 valence electrons. The summed E-state index contributed by atoms with van der Waals surface area (Å²) in [6.45, 7) is 5.58. The molecular weight excluding hydrogens is 514 g/mol. The fourth-order valence-corrected chi connectivity index (χ4v) is 6.68. The van der Waals surface area contributed by atoms with E-state index in [9.17, 15) is 18.6 Å². The number of carbonyl (C=O) groups excluding carboxylic acids is 3. The molecule has 0 bridgehead atoms. The van der Waals surface area contributed by atoms with E-state index in [0.29, 0.717) is 11.5 Å². The zero-order valence-corrected chi connectivity index (χ0v) is 22.6. The van der Waals surface area contributed by atoms with Gasteiger partial charge in [-0.3, -0.25) is 4.79 Å². The largest absolute Gasteiger partial charge is 0.465 e. The molecule has 1 fully saturated rings. The Morgan fingerprint density at radius 2 is 1.74 bits per heavy atom. The van der Waals surface area contributed by atoms with Crippen molar-refractivity contribution < 1.29 is 28.1 Å². The number of ether oxygens (including phenoxy) is 2. The molecule has 1 aromatic heterocycles. The van der Waals surface area contributed by atoms with E-state index in [1.54, 1.807) is 0 Å². The number of aryl methyl sites for hydroxylation is 1. The third-order valence-corrected chi connectivity index (χ3v) is 8.76. The summed E-state index contributed by atoms with van der Waals surface area (Å²) in [7, 11) is 0.111. The third kappa shape index (κ3) is 6.45. The summed E-state index contributed by atoms with van der Waals surface area (Å²) in [6.07, 6.45) is 3.74. The van der Waals surface area contributed by atoms with E-state index >= 15 is 0 Å². The number of hydrogen-bond acceptors (Lipinski definition) is 9.